The molecule has 0 aliphatic heterocycles. The first-order valence-corrected chi connectivity index (χ1v) is 7.20. The fourth-order valence-electron chi connectivity index (χ4n) is 2.08. The van der Waals surface area contributed by atoms with Crippen LogP contribution < -0.4 is 0 Å². The Morgan fingerprint density at radius 2 is 2.00 bits per heavy atom. The first-order valence-electron chi connectivity index (χ1n) is 6.82. The summed E-state index contributed by atoms with van der Waals surface area (Å²) in [7, 11) is 2.07. The molecule has 0 N–H and O–H groups in total. The van der Waals surface area contributed by atoms with Crippen LogP contribution in [0.5, 0.6) is 0 Å². The lowest BCUT2D eigenvalue weighted by Crippen LogP contribution is -2.24. The van der Waals surface area contributed by atoms with Gasteiger partial charge in [-0.3, -0.25) is 4.90 Å². The molecule has 0 fully saturated rings. The van der Waals surface area contributed by atoms with Gasteiger partial charge < -0.3 is 0 Å². The average Bonchev–Trinajstić information content (AvgIpc) is 2.86. The molecule has 2 rings (SSSR count). The van der Waals surface area contributed by atoms with Crippen LogP contribution in [-0.4, -0.2) is 32.2 Å². The Labute approximate surface area is 124 Å². The maximum absolute atomic E-state index is 5.92. The molecule has 1 aromatic carbocycles. The number of tetrazole rings is 1. The summed E-state index contributed by atoms with van der Waals surface area (Å²) in [5.41, 5.74) is 1.23. The first-order chi connectivity index (χ1) is 9.61. The summed E-state index contributed by atoms with van der Waals surface area (Å²) in [5.74, 6) is 0.898. The van der Waals surface area contributed by atoms with E-state index in [4.69, 9.17) is 11.6 Å². The van der Waals surface area contributed by atoms with Crippen LogP contribution in [0.2, 0.25) is 5.02 Å². The molecular weight excluding hydrogens is 274 g/mol. The number of hydrogen-bond acceptors (Lipinski definition) is 4. The van der Waals surface area contributed by atoms with E-state index in [0.29, 0.717) is 0 Å². The zero-order valence-corrected chi connectivity index (χ0v) is 12.9. The van der Waals surface area contributed by atoms with Gasteiger partial charge in [-0.25, -0.2) is 4.68 Å². The van der Waals surface area contributed by atoms with Crippen molar-refractivity contribution in [1.82, 2.24) is 25.1 Å². The molecule has 0 saturated carbocycles. The quantitative estimate of drug-likeness (QED) is 0.821. The van der Waals surface area contributed by atoms with Crippen molar-refractivity contribution in [2.24, 2.45) is 0 Å². The summed E-state index contributed by atoms with van der Waals surface area (Å²) in [6, 6.07) is 8.22. The summed E-state index contributed by atoms with van der Waals surface area (Å²) in [4.78, 5) is 2.22. The number of aryl methyl sites for hydroxylation is 1. The van der Waals surface area contributed by atoms with E-state index in [-0.39, 0.29) is 6.04 Å². The smallest absolute Gasteiger partial charge is 0.165 e. The second-order valence-corrected chi connectivity index (χ2v) is 5.40. The molecule has 0 bridgehead atoms. The molecule has 1 atom stereocenters. The highest BCUT2D eigenvalue weighted by molar-refractivity contribution is 6.30. The number of rotatable bonds is 6. The molecule has 1 aromatic heterocycles. The van der Waals surface area contributed by atoms with Gasteiger partial charge in [0, 0.05) is 17.6 Å². The molecule has 0 aliphatic rings. The fraction of sp³-hybridized carbons (Fsp3) is 0.500. The Kier molecular flexibility index (Phi) is 5.09. The Balaban J connectivity index is 2.05. The van der Waals surface area contributed by atoms with Gasteiger partial charge in [0.05, 0.1) is 6.54 Å². The SMILES string of the molecule is CCCn1nnnc1CN(C)C(C)c1ccc(Cl)cc1. The third-order valence-corrected chi connectivity index (χ3v) is 3.70. The van der Waals surface area contributed by atoms with E-state index in [1.165, 1.54) is 5.56 Å². The lowest BCUT2D eigenvalue weighted by atomic mass is 10.1. The van der Waals surface area contributed by atoms with Gasteiger partial charge in [0.1, 0.15) is 0 Å². The van der Waals surface area contributed by atoms with Gasteiger partial charge in [-0.1, -0.05) is 30.7 Å². The van der Waals surface area contributed by atoms with E-state index in [2.05, 4.69) is 53.5 Å². The molecule has 0 spiro atoms. The summed E-state index contributed by atoms with van der Waals surface area (Å²) in [6.07, 6.45) is 1.02. The molecule has 108 valence electrons. The van der Waals surface area contributed by atoms with Gasteiger partial charge in [0.25, 0.3) is 0 Å². The van der Waals surface area contributed by atoms with Crippen LogP contribution in [0.1, 0.15) is 37.7 Å². The topological polar surface area (TPSA) is 46.8 Å². The molecule has 0 aliphatic carbocycles. The van der Waals surface area contributed by atoms with Gasteiger partial charge in [0.15, 0.2) is 5.82 Å². The fourth-order valence-corrected chi connectivity index (χ4v) is 2.20. The predicted octanol–water partition coefficient (Wildman–Crippen LogP) is 2.93. The van der Waals surface area contributed by atoms with E-state index in [1.54, 1.807) is 0 Å². The third kappa shape index (κ3) is 3.55. The lowest BCUT2D eigenvalue weighted by Gasteiger charge is -2.24. The number of benzene rings is 1. The summed E-state index contributed by atoms with van der Waals surface area (Å²) in [5, 5.41) is 12.6. The van der Waals surface area contributed by atoms with Gasteiger partial charge in [-0.15, -0.1) is 5.10 Å². The van der Waals surface area contributed by atoms with Crippen LogP contribution in [0.3, 0.4) is 0 Å². The molecule has 5 nitrogen and oxygen atoms in total. The molecule has 6 heteroatoms. The van der Waals surface area contributed by atoms with Crippen molar-refractivity contribution in [3.05, 3.63) is 40.7 Å². The zero-order valence-electron chi connectivity index (χ0n) is 12.1. The van der Waals surface area contributed by atoms with E-state index in [0.717, 1.165) is 30.4 Å². The summed E-state index contributed by atoms with van der Waals surface area (Å²) < 4.78 is 1.87. The largest absolute Gasteiger partial charge is 0.292 e. The van der Waals surface area contributed by atoms with Crippen molar-refractivity contribution in [3.8, 4) is 0 Å². The Morgan fingerprint density at radius 1 is 1.30 bits per heavy atom. The van der Waals surface area contributed by atoms with Crippen LogP contribution in [0, 0.1) is 0 Å². The van der Waals surface area contributed by atoms with Crippen LogP contribution >= 0.6 is 11.6 Å². The first kappa shape index (κ1) is 14.9. The Morgan fingerprint density at radius 3 is 2.65 bits per heavy atom. The second kappa shape index (κ2) is 6.81. The molecule has 0 saturated heterocycles. The van der Waals surface area contributed by atoms with Crippen molar-refractivity contribution in [2.45, 2.75) is 39.4 Å². The summed E-state index contributed by atoms with van der Waals surface area (Å²) in [6.45, 7) is 5.85. The van der Waals surface area contributed by atoms with Gasteiger partial charge >= 0.3 is 0 Å². The van der Waals surface area contributed by atoms with Crippen LogP contribution in [0.15, 0.2) is 24.3 Å². The highest BCUT2D eigenvalue weighted by atomic mass is 35.5. The third-order valence-electron chi connectivity index (χ3n) is 3.45. The number of aromatic nitrogens is 4. The minimum atomic E-state index is 0.277. The maximum Gasteiger partial charge on any atom is 0.165 e. The van der Waals surface area contributed by atoms with Crippen LogP contribution in [-0.2, 0) is 13.1 Å². The van der Waals surface area contributed by atoms with Crippen molar-refractivity contribution in [1.29, 1.82) is 0 Å². The Bertz CT molecular complexity index is 537. The number of halogens is 1. The van der Waals surface area contributed by atoms with Gasteiger partial charge in [0.2, 0.25) is 0 Å². The minimum absolute atomic E-state index is 0.277. The Hall–Kier alpha value is -1.46. The monoisotopic (exact) mass is 293 g/mol. The number of hydrogen-bond donors (Lipinski definition) is 0. The normalized spacial score (nSPS) is 12.8. The molecule has 1 unspecified atom stereocenters. The van der Waals surface area contributed by atoms with Crippen molar-refractivity contribution in [2.75, 3.05) is 7.05 Å². The zero-order chi connectivity index (χ0) is 14.5. The van der Waals surface area contributed by atoms with Crippen molar-refractivity contribution >= 4 is 11.6 Å². The molecule has 1 heterocycles. The second-order valence-electron chi connectivity index (χ2n) is 4.96. The molecule has 0 amide bonds. The minimum Gasteiger partial charge on any atom is -0.292 e. The number of nitrogens with zero attached hydrogens (tertiary/aromatic N) is 5. The van der Waals surface area contributed by atoms with Crippen LogP contribution in [0.25, 0.3) is 0 Å². The highest BCUT2D eigenvalue weighted by Gasteiger charge is 2.15. The maximum atomic E-state index is 5.92. The van der Waals surface area contributed by atoms with Crippen LogP contribution in [0.4, 0.5) is 0 Å². The lowest BCUT2D eigenvalue weighted by molar-refractivity contribution is 0.241. The molecular formula is C14H20ClN5. The summed E-state index contributed by atoms with van der Waals surface area (Å²) >= 11 is 5.92. The predicted molar refractivity (Wildman–Crippen MR) is 79.4 cm³/mol. The van der Waals surface area contributed by atoms with Gasteiger partial charge in [-0.2, -0.15) is 0 Å². The highest BCUT2D eigenvalue weighted by Crippen LogP contribution is 2.21. The van der Waals surface area contributed by atoms with E-state index < -0.39 is 0 Å². The van der Waals surface area contributed by atoms with E-state index >= 15 is 0 Å². The molecule has 20 heavy (non-hydrogen) atoms. The molecule has 2 aromatic rings. The molecule has 0 radical (unpaired) electrons. The average molecular weight is 294 g/mol. The van der Waals surface area contributed by atoms with Crippen molar-refractivity contribution < 1.29 is 0 Å². The standard InChI is InChI=1S/C14H20ClN5/c1-4-9-20-14(16-17-18-20)10-19(3)11(2)12-5-7-13(15)8-6-12/h5-8,11H,4,9-10H2,1-3H3. The van der Waals surface area contributed by atoms with E-state index in [1.807, 2.05) is 16.8 Å². The van der Waals surface area contributed by atoms with Crippen molar-refractivity contribution in [3.63, 3.8) is 0 Å². The van der Waals surface area contributed by atoms with Gasteiger partial charge in [-0.05, 0) is 48.5 Å². The van der Waals surface area contributed by atoms with E-state index in [9.17, 15) is 0 Å².